The van der Waals surface area contributed by atoms with Gasteiger partial charge in [0.15, 0.2) is 0 Å². The number of amides is 1. The van der Waals surface area contributed by atoms with Crippen LogP contribution in [0.2, 0.25) is 0 Å². The van der Waals surface area contributed by atoms with Crippen molar-refractivity contribution in [2.24, 2.45) is 11.5 Å². The van der Waals surface area contributed by atoms with Gasteiger partial charge in [0.2, 0.25) is 0 Å². The van der Waals surface area contributed by atoms with Crippen LogP contribution in [0.1, 0.15) is 21.5 Å². The lowest BCUT2D eigenvalue weighted by molar-refractivity contribution is 0.0939. The van der Waals surface area contributed by atoms with Crippen LogP contribution < -0.4 is 16.8 Å². The summed E-state index contributed by atoms with van der Waals surface area (Å²) in [5.41, 5.74) is 13.3. The topological polar surface area (TPSA) is 81.1 Å². The van der Waals surface area contributed by atoms with Gasteiger partial charge in [-0.1, -0.05) is 6.07 Å². The highest BCUT2D eigenvalue weighted by molar-refractivity contribution is 5.94. The number of nitrogens with two attached hydrogens (primary N) is 2. The Bertz CT molecular complexity index is 347. The van der Waals surface area contributed by atoms with Crippen molar-refractivity contribution in [1.29, 1.82) is 0 Å². The van der Waals surface area contributed by atoms with Crippen LogP contribution in [-0.4, -0.2) is 12.2 Å². The van der Waals surface area contributed by atoms with E-state index >= 15 is 0 Å². The van der Waals surface area contributed by atoms with Crippen LogP contribution in [-0.2, 0) is 0 Å². The van der Waals surface area contributed by atoms with Gasteiger partial charge in [-0.25, -0.2) is 0 Å². The van der Waals surface area contributed by atoms with Crippen molar-refractivity contribution >= 4 is 5.91 Å². The largest absolute Gasteiger partial charge is 0.324 e. The Morgan fingerprint density at radius 3 is 2.43 bits per heavy atom. The number of aryl methyl sites for hydroxylation is 2. The van der Waals surface area contributed by atoms with Gasteiger partial charge >= 0.3 is 0 Å². The molecular weight excluding hydrogens is 178 g/mol. The van der Waals surface area contributed by atoms with Gasteiger partial charge in [0, 0.05) is 5.56 Å². The van der Waals surface area contributed by atoms with Crippen molar-refractivity contribution in [2.45, 2.75) is 20.1 Å². The van der Waals surface area contributed by atoms with Crippen molar-refractivity contribution < 1.29 is 4.79 Å². The molecule has 0 saturated heterocycles. The fourth-order valence-electron chi connectivity index (χ4n) is 1.12. The fourth-order valence-corrected chi connectivity index (χ4v) is 1.12. The Morgan fingerprint density at radius 1 is 1.29 bits per heavy atom. The second-order valence-electron chi connectivity index (χ2n) is 3.30. The Balaban J connectivity index is 2.86. The molecule has 0 bridgehead atoms. The Morgan fingerprint density at radius 2 is 1.93 bits per heavy atom. The molecule has 5 N–H and O–H groups in total. The van der Waals surface area contributed by atoms with E-state index in [0.29, 0.717) is 5.56 Å². The lowest BCUT2D eigenvalue weighted by Gasteiger charge is -2.09. The summed E-state index contributed by atoms with van der Waals surface area (Å²) in [7, 11) is 0. The minimum absolute atomic E-state index is 0.247. The second kappa shape index (κ2) is 4.21. The molecule has 0 aliphatic rings. The zero-order valence-electron chi connectivity index (χ0n) is 8.37. The molecule has 0 radical (unpaired) electrons. The summed E-state index contributed by atoms with van der Waals surface area (Å²) >= 11 is 0. The van der Waals surface area contributed by atoms with Gasteiger partial charge in [-0.15, -0.1) is 0 Å². The average Bonchev–Trinajstić information content (AvgIpc) is 2.08. The smallest absolute Gasteiger partial charge is 0.253 e. The highest BCUT2D eigenvalue weighted by atomic mass is 16.1. The predicted octanol–water partition coefficient (Wildman–Crippen LogP) is 0.234. The third-order valence-corrected chi connectivity index (χ3v) is 2.07. The van der Waals surface area contributed by atoms with Crippen LogP contribution >= 0.6 is 0 Å². The van der Waals surface area contributed by atoms with Crippen LogP contribution in [0.4, 0.5) is 0 Å². The zero-order chi connectivity index (χ0) is 10.7. The third kappa shape index (κ3) is 2.55. The van der Waals surface area contributed by atoms with E-state index in [-0.39, 0.29) is 5.91 Å². The molecular formula is C10H15N3O. The van der Waals surface area contributed by atoms with Crippen molar-refractivity contribution in [3.05, 3.63) is 34.9 Å². The van der Waals surface area contributed by atoms with E-state index in [1.807, 2.05) is 26.0 Å². The van der Waals surface area contributed by atoms with Gasteiger partial charge in [0.05, 0.1) is 0 Å². The normalized spacial score (nSPS) is 10.4. The summed E-state index contributed by atoms with van der Waals surface area (Å²) in [5, 5.41) is 2.42. The van der Waals surface area contributed by atoms with E-state index in [9.17, 15) is 4.79 Å². The van der Waals surface area contributed by atoms with Crippen molar-refractivity contribution in [2.75, 3.05) is 0 Å². The zero-order valence-corrected chi connectivity index (χ0v) is 8.37. The van der Waals surface area contributed by atoms with Crippen LogP contribution in [0.5, 0.6) is 0 Å². The molecule has 0 unspecified atom stereocenters. The molecule has 0 saturated carbocycles. The van der Waals surface area contributed by atoms with Crippen molar-refractivity contribution in [1.82, 2.24) is 5.32 Å². The van der Waals surface area contributed by atoms with Gasteiger partial charge < -0.3 is 5.32 Å². The Kier molecular flexibility index (Phi) is 3.22. The number of hydrogen-bond acceptors (Lipinski definition) is 3. The molecule has 0 spiro atoms. The maximum absolute atomic E-state index is 11.4. The predicted molar refractivity (Wildman–Crippen MR) is 55.5 cm³/mol. The monoisotopic (exact) mass is 193 g/mol. The maximum atomic E-state index is 11.4. The molecule has 1 rings (SSSR count). The first-order chi connectivity index (χ1) is 6.50. The molecule has 4 heteroatoms. The molecule has 0 aliphatic heterocycles. The highest BCUT2D eigenvalue weighted by Crippen LogP contribution is 2.09. The summed E-state index contributed by atoms with van der Waals surface area (Å²) < 4.78 is 0. The van der Waals surface area contributed by atoms with Gasteiger partial charge in [0.1, 0.15) is 6.29 Å². The van der Waals surface area contributed by atoms with E-state index < -0.39 is 6.29 Å². The number of nitrogens with one attached hydrogen (secondary N) is 1. The van der Waals surface area contributed by atoms with E-state index in [0.717, 1.165) is 11.1 Å². The molecule has 4 nitrogen and oxygen atoms in total. The van der Waals surface area contributed by atoms with E-state index in [1.165, 1.54) is 0 Å². The number of carbonyl (C=O) groups excluding carboxylic acids is 1. The Hall–Kier alpha value is -1.39. The van der Waals surface area contributed by atoms with E-state index in [2.05, 4.69) is 5.32 Å². The number of rotatable bonds is 2. The molecule has 0 heterocycles. The minimum atomic E-state index is -0.816. The van der Waals surface area contributed by atoms with Gasteiger partial charge in [-0.05, 0) is 37.1 Å². The summed E-state index contributed by atoms with van der Waals surface area (Å²) in [6.45, 7) is 3.94. The first kappa shape index (κ1) is 10.7. The number of carbonyl (C=O) groups is 1. The lowest BCUT2D eigenvalue weighted by Crippen LogP contribution is -2.48. The lowest BCUT2D eigenvalue weighted by atomic mass is 10.1. The highest BCUT2D eigenvalue weighted by Gasteiger charge is 2.07. The quantitative estimate of drug-likeness (QED) is 0.588. The molecule has 0 aromatic heterocycles. The van der Waals surface area contributed by atoms with Crippen LogP contribution in [0, 0.1) is 13.8 Å². The van der Waals surface area contributed by atoms with Crippen molar-refractivity contribution in [3.63, 3.8) is 0 Å². The molecule has 0 atom stereocenters. The standard InChI is InChI=1S/C10H15N3O/c1-6-3-4-8(5-7(6)2)9(14)13-10(11)12/h3-5,10H,11-12H2,1-2H3,(H,13,14). The molecule has 0 aliphatic carbocycles. The minimum Gasteiger partial charge on any atom is -0.324 e. The van der Waals surface area contributed by atoms with Crippen LogP contribution in [0.25, 0.3) is 0 Å². The summed E-state index contributed by atoms with van der Waals surface area (Å²) in [6.07, 6.45) is -0.816. The van der Waals surface area contributed by atoms with E-state index in [1.54, 1.807) is 6.07 Å². The molecule has 14 heavy (non-hydrogen) atoms. The molecule has 1 aromatic rings. The van der Waals surface area contributed by atoms with Gasteiger partial charge in [0.25, 0.3) is 5.91 Å². The summed E-state index contributed by atoms with van der Waals surface area (Å²) in [6, 6.07) is 5.46. The molecule has 1 aromatic carbocycles. The Labute approximate surface area is 83.3 Å². The first-order valence-electron chi connectivity index (χ1n) is 4.40. The van der Waals surface area contributed by atoms with Gasteiger partial charge in [-0.3, -0.25) is 16.3 Å². The summed E-state index contributed by atoms with van der Waals surface area (Å²) in [5.74, 6) is -0.247. The number of hydrogen-bond donors (Lipinski definition) is 3. The van der Waals surface area contributed by atoms with Crippen LogP contribution in [0.3, 0.4) is 0 Å². The average molecular weight is 193 g/mol. The molecule has 76 valence electrons. The maximum Gasteiger partial charge on any atom is 0.253 e. The molecule has 0 fully saturated rings. The third-order valence-electron chi connectivity index (χ3n) is 2.07. The van der Waals surface area contributed by atoms with Crippen molar-refractivity contribution in [3.8, 4) is 0 Å². The fraction of sp³-hybridized carbons (Fsp3) is 0.300. The molecule has 1 amide bonds. The van der Waals surface area contributed by atoms with E-state index in [4.69, 9.17) is 11.5 Å². The SMILES string of the molecule is Cc1ccc(C(=O)NC(N)N)cc1C. The van der Waals surface area contributed by atoms with Gasteiger partial charge in [-0.2, -0.15) is 0 Å². The second-order valence-corrected chi connectivity index (χ2v) is 3.30. The van der Waals surface area contributed by atoms with Crippen LogP contribution in [0.15, 0.2) is 18.2 Å². The number of benzene rings is 1. The summed E-state index contributed by atoms with van der Waals surface area (Å²) in [4.78, 5) is 11.4. The first-order valence-corrected chi connectivity index (χ1v) is 4.40.